The molecule has 2 aliphatic rings. The highest BCUT2D eigenvalue weighted by molar-refractivity contribution is 6.03. The first kappa shape index (κ1) is 24.4. The number of nitrogens with one attached hydrogen (secondary N) is 1. The molecule has 1 N–H and O–H groups in total. The fourth-order valence-corrected chi connectivity index (χ4v) is 6.67. The summed E-state index contributed by atoms with van der Waals surface area (Å²) in [7, 11) is 0. The Bertz CT molecular complexity index is 1670. The molecule has 0 aliphatic heterocycles. The van der Waals surface area contributed by atoms with Gasteiger partial charge in [0.15, 0.2) is 0 Å². The number of aryl methyl sites for hydroxylation is 1. The summed E-state index contributed by atoms with van der Waals surface area (Å²) < 4.78 is 3.94. The van der Waals surface area contributed by atoms with Crippen LogP contribution in [0.25, 0.3) is 21.9 Å². The molecule has 1 aromatic carbocycles. The molecular weight excluding hydrogens is 474 g/mol. The Morgan fingerprint density at radius 3 is 2.82 bits per heavy atom. The number of imidazole rings is 1. The molecule has 0 saturated heterocycles. The number of carbonyl (C=O) groups is 1. The molecule has 3 heterocycles. The molecule has 0 spiro atoms. The quantitative estimate of drug-likeness (QED) is 0.392. The minimum absolute atomic E-state index is 0.156. The van der Waals surface area contributed by atoms with Crippen molar-refractivity contribution < 1.29 is 4.79 Å². The van der Waals surface area contributed by atoms with E-state index in [9.17, 15) is 9.59 Å². The summed E-state index contributed by atoms with van der Waals surface area (Å²) in [4.78, 5) is 35.1. The second kappa shape index (κ2) is 9.75. The van der Waals surface area contributed by atoms with Crippen LogP contribution in [0.1, 0.15) is 67.3 Å². The third kappa shape index (κ3) is 4.38. The summed E-state index contributed by atoms with van der Waals surface area (Å²) in [5, 5.41) is 3.81. The van der Waals surface area contributed by atoms with Crippen LogP contribution in [0, 0.1) is 36.5 Å². The van der Waals surface area contributed by atoms with Crippen molar-refractivity contribution in [1.29, 1.82) is 0 Å². The van der Waals surface area contributed by atoms with Crippen molar-refractivity contribution >= 4 is 27.8 Å². The van der Waals surface area contributed by atoms with Gasteiger partial charge in [-0.25, -0.2) is 4.98 Å². The van der Waals surface area contributed by atoms with E-state index in [2.05, 4.69) is 45.5 Å². The van der Waals surface area contributed by atoms with Crippen LogP contribution in [0.3, 0.4) is 0 Å². The van der Waals surface area contributed by atoms with Gasteiger partial charge in [0, 0.05) is 29.7 Å². The number of fused-ring (bicyclic) bond motifs is 5. The Morgan fingerprint density at radius 1 is 1.18 bits per heavy atom. The second-order valence-electron chi connectivity index (χ2n) is 11.1. The Morgan fingerprint density at radius 2 is 2.05 bits per heavy atom. The highest BCUT2D eigenvalue weighted by Gasteiger charge is 2.39. The average Bonchev–Trinajstić information content (AvgIpc) is 3.61. The normalized spacial score (nSPS) is 20.3. The molecule has 2 bridgehead atoms. The molecule has 0 radical (unpaired) electrons. The Kier molecular flexibility index (Phi) is 6.27. The number of aromatic nitrogens is 4. The third-order valence-electron chi connectivity index (χ3n) is 8.36. The van der Waals surface area contributed by atoms with E-state index in [0.717, 1.165) is 45.2 Å². The predicted molar refractivity (Wildman–Crippen MR) is 149 cm³/mol. The van der Waals surface area contributed by atoms with Gasteiger partial charge >= 0.3 is 0 Å². The zero-order valence-electron chi connectivity index (χ0n) is 22.2. The van der Waals surface area contributed by atoms with Gasteiger partial charge in [0.2, 0.25) is 0 Å². The van der Waals surface area contributed by atoms with Crippen LogP contribution in [0.5, 0.6) is 0 Å². The van der Waals surface area contributed by atoms with Gasteiger partial charge in [-0.05, 0) is 88.1 Å². The highest BCUT2D eigenvalue weighted by atomic mass is 16.2. The number of pyridine rings is 2. The van der Waals surface area contributed by atoms with Crippen molar-refractivity contribution in [3.63, 3.8) is 0 Å². The fourth-order valence-electron chi connectivity index (χ4n) is 6.67. The predicted octanol–water partition coefficient (Wildman–Crippen LogP) is 4.85. The molecule has 7 heteroatoms. The summed E-state index contributed by atoms with van der Waals surface area (Å²) in [5.41, 5.74) is 3.62. The zero-order chi connectivity index (χ0) is 26.4. The number of rotatable bonds is 5. The van der Waals surface area contributed by atoms with Crippen molar-refractivity contribution in [2.24, 2.45) is 17.8 Å². The van der Waals surface area contributed by atoms with E-state index >= 15 is 0 Å². The molecule has 1 amide bonds. The van der Waals surface area contributed by atoms with Gasteiger partial charge in [0.1, 0.15) is 16.9 Å². The molecule has 2 saturated carbocycles. The molecule has 7 nitrogen and oxygen atoms in total. The van der Waals surface area contributed by atoms with Crippen molar-refractivity contribution in [3.8, 4) is 11.8 Å². The molecule has 6 rings (SSSR count). The van der Waals surface area contributed by atoms with Crippen molar-refractivity contribution in [2.75, 3.05) is 6.54 Å². The maximum Gasteiger partial charge on any atom is 0.263 e. The lowest BCUT2D eigenvalue weighted by atomic mass is 9.89. The van der Waals surface area contributed by atoms with Crippen LogP contribution in [0.15, 0.2) is 47.5 Å². The summed E-state index contributed by atoms with van der Waals surface area (Å²) in [6, 6.07) is 9.60. The molecule has 2 fully saturated rings. The summed E-state index contributed by atoms with van der Waals surface area (Å²) in [6.07, 6.45) is 8.75. The number of hydrogen-bond donors (Lipinski definition) is 1. The third-order valence-corrected chi connectivity index (χ3v) is 8.36. The lowest BCUT2D eigenvalue weighted by molar-refractivity contribution is 0.0956. The van der Waals surface area contributed by atoms with Gasteiger partial charge in [0.25, 0.3) is 11.5 Å². The fraction of sp³-hybridized carbons (Fsp3) is 0.419. The first-order valence-corrected chi connectivity index (χ1v) is 13.6. The van der Waals surface area contributed by atoms with Crippen molar-refractivity contribution in [2.45, 2.75) is 59.0 Å². The van der Waals surface area contributed by atoms with Gasteiger partial charge < -0.3 is 14.5 Å². The lowest BCUT2D eigenvalue weighted by Crippen LogP contribution is -2.34. The molecule has 4 aromatic rings. The molecule has 2 aliphatic carbocycles. The standard InChI is InChI=1S/C31H33N5O2/c1-19(2)36-20(3)34-28-17-33-27-11-9-21(16-26(27)29(28)36)6-4-12-32-30(37)25-7-5-13-35(31(25)38)18-24-15-22-8-10-23(24)14-22/h5,7,9,11,13,16-17,19,22-24H,8,10,12,14-15,18H2,1-3H3,(H,32,37)/t22-,23-,24?/m0/s1. The monoisotopic (exact) mass is 507 g/mol. The van der Waals surface area contributed by atoms with E-state index in [1.165, 1.54) is 25.7 Å². The minimum Gasteiger partial charge on any atom is -0.341 e. The highest BCUT2D eigenvalue weighted by Crippen LogP contribution is 2.48. The van der Waals surface area contributed by atoms with Gasteiger partial charge in [0.05, 0.1) is 23.8 Å². The van der Waals surface area contributed by atoms with Crippen LogP contribution in [-0.2, 0) is 6.54 Å². The second-order valence-corrected chi connectivity index (χ2v) is 11.1. The first-order chi connectivity index (χ1) is 18.4. The topological polar surface area (TPSA) is 81.8 Å². The first-order valence-electron chi connectivity index (χ1n) is 13.6. The SMILES string of the molecule is Cc1nc2cnc3ccc(C#CCNC(=O)c4cccn(CC5C[C@H]6CC[C@H]5C6)c4=O)cc3c2n1C(C)C. The molecule has 3 atom stereocenters. The van der Waals surface area contributed by atoms with Crippen molar-refractivity contribution in [1.82, 2.24) is 24.4 Å². The van der Waals surface area contributed by atoms with E-state index in [-0.39, 0.29) is 29.6 Å². The maximum atomic E-state index is 13.0. The average molecular weight is 508 g/mol. The number of benzene rings is 1. The van der Waals surface area contributed by atoms with Gasteiger partial charge in [-0.3, -0.25) is 14.6 Å². The Balaban J connectivity index is 1.17. The van der Waals surface area contributed by atoms with Crippen molar-refractivity contribution in [3.05, 3.63) is 70.0 Å². The van der Waals surface area contributed by atoms with Crippen LogP contribution >= 0.6 is 0 Å². The number of nitrogens with zero attached hydrogens (tertiary/aromatic N) is 4. The van der Waals surface area contributed by atoms with E-state index in [1.807, 2.05) is 37.5 Å². The largest absolute Gasteiger partial charge is 0.341 e. The van der Waals surface area contributed by atoms with Gasteiger partial charge in [-0.15, -0.1) is 0 Å². The van der Waals surface area contributed by atoms with Crippen LogP contribution in [0.4, 0.5) is 0 Å². The Labute approximate surface area is 222 Å². The molecule has 1 unspecified atom stereocenters. The van der Waals surface area contributed by atoms with Crippen LogP contribution in [-0.4, -0.2) is 31.6 Å². The molecule has 194 valence electrons. The van der Waals surface area contributed by atoms with E-state index in [1.54, 1.807) is 16.7 Å². The van der Waals surface area contributed by atoms with E-state index < -0.39 is 0 Å². The summed E-state index contributed by atoms with van der Waals surface area (Å²) in [5.74, 6) is 8.87. The van der Waals surface area contributed by atoms with Crippen LogP contribution < -0.4 is 10.9 Å². The van der Waals surface area contributed by atoms with E-state index in [0.29, 0.717) is 12.5 Å². The maximum absolute atomic E-state index is 13.0. The molecular formula is C31H33N5O2. The Hall–Kier alpha value is -3.92. The number of hydrogen-bond acceptors (Lipinski definition) is 4. The summed E-state index contributed by atoms with van der Waals surface area (Å²) in [6.45, 7) is 7.17. The number of carbonyl (C=O) groups excluding carboxylic acids is 1. The van der Waals surface area contributed by atoms with Gasteiger partial charge in [-0.2, -0.15) is 0 Å². The smallest absolute Gasteiger partial charge is 0.263 e. The lowest BCUT2D eigenvalue weighted by Gasteiger charge is -2.22. The molecule has 3 aromatic heterocycles. The minimum atomic E-state index is -0.382. The number of amides is 1. The summed E-state index contributed by atoms with van der Waals surface area (Å²) >= 11 is 0. The zero-order valence-corrected chi connectivity index (χ0v) is 22.2. The van der Waals surface area contributed by atoms with Crippen LogP contribution in [0.2, 0.25) is 0 Å². The van der Waals surface area contributed by atoms with E-state index in [4.69, 9.17) is 0 Å². The van der Waals surface area contributed by atoms with Gasteiger partial charge in [-0.1, -0.05) is 18.3 Å². The molecule has 38 heavy (non-hydrogen) atoms.